The molecule has 3 heterocycles. The summed E-state index contributed by atoms with van der Waals surface area (Å²) in [6.07, 6.45) is 1.86. The van der Waals surface area contributed by atoms with E-state index in [1.807, 2.05) is 18.3 Å². The van der Waals surface area contributed by atoms with Gasteiger partial charge in [0.1, 0.15) is 5.82 Å². The van der Waals surface area contributed by atoms with Crippen molar-refractivity contribution in [2.75, 3.05) is 9.80 Å². The van der Waals surface area contributed by atoms with E-state index in [4.69, 9.17) is 4.98 Å². The third-order valence-corrected chi connectivity index (χ3v) is 8.47. The van der Waals surface area contributed by atoms with Gasteiger partial charge in [0.2, 0.25) is 0 Å². The average Bonchev–Trinajstić information content (AvgIpc) is 2.94. The van der Waals surface area contributed by atoms with E-state index < -0.39 is 0 Å². The topological polar surface area (TPSA) is 19.4 Å². The Kier molecular flexibility index (Phi) is 4.84. The van der Waals surface area contributed by atoms with Crippen LogP contribution in [-0.4, -0.2) is 4.98 Å². The van der Waals surface area contributed by atoms with Crippen molar-refractivity contribution in [3.05, 3.63) is 138 Å². The number of rotatable bonds is 3. The van der Waals surface area contributed by atoms with Gasteiger partial charge in [-0.2, -0.15) is 0 Å². The van der Waals surface area contributed by atoms with Crippen molar-refractivity contribution in [1.82, 2.24) is 4.98 Å². The minimum absolute atomic E-state index is 0.0744. The number of fused-ring (bicyclic) bond motifs is 4. The molecule has 0 saturated carbocycles. The van der Waals surface area contributed by atoms with Gasteiger partial charge in [0.25, 0.3) is 0 Å². The molecule has 2 aliphatic rings. The number of para-hydroxylation sites is 3. The first-order chi connectivity index (χ1) is 18.4. The van der Waals surface area contributed by atoms with Crippen LogP contribution in [0.2, 0.25) is 0 Å². The zero-order valence-electron chi connectivity index (χ0n) is 22.3. The SMILES string of the molecule is CC1(C)c2ccccc2N2c3ccc(N(c4ccccc4)c4ccccn4)cc3C(C)(C)c3cccc1c32. The van der Waals surface area contributed by atoms with E-state index >= 15 is 0 Å². The van der Waals surface area contributed by atoms with Crippen LogP contribution >= 0.6 is 0 Å². The summed E-state index contributed by atoms with van der Waals surface area (Å²) in [7, 11) is 0. The summed E-state index contributed by atoms with van der Waals surface area (Å²) >= 11 is 0. The van der Waals surface area contributed by atoms with E-state index in [1.54, 1.807) is 0 Å². The third kappa shape index (κ3) is 3.11. The molecule has 0 aliphatic carbocycles. The van der Waals surface area contributed by atoms with Crippen LogP contribution in [0.1, 0.15) is 49.9 Å². The van der Waals surface area contributed by atoms with Crippen LogP contribution in [0.5, 0.6) is 0 Å². The van der Waals surface area contributed by atoms with E-state index in [0.29, 0.717) is 0 Å². The second-order valence-corrected chi connectivity index (χ2v) is 11.4. The van der Waals surface area contributed by atoms with E-state index in [2.05, 4.69) is 135 Å². The third-order valence-electron chi connectivity index (χ3n) is 8.47. The monoisotopic (exact) mass is 493 g/mol. The standard InChI is InChI=1S/C35H31N3/c1-34(2)26-15-8-9-18-30(26)38-31-21-20-25(23-29(31)35(3,4)28-17-12-16-27(34)33(28)38)37(24-13-6-5-7-14-24)32-19-10-11-22-36-32/h5-23H,1-4H3. The second-order valence-electron chi connectivity index (χ2n) is 11.4. The normalized spacial score (nSPS) is 15.7. The van der Waals surface area contributed by atoms with Crippen molar-refractivity contribution < 1.29 is 0 Å². The summed E-state index contributed by atoms with van der Waals surface area (Å²) in [6.45, 7) is 9.44. The molecule has 0 unspecified atom stereocenters. The minimum Gasteiger partial charge on any atom is -0.309 e. The highest BCUT2D eigenvalue weighted by Gasteiger charge is 2.45. The quantitative estimate of drug-likeness (QED) is 0.250. The predicted octanol–water partition coefficient (Wildman–Crippen LogP) is 9.30. The lowest BCUT2D eigenvalue weighted by atomic mass is 9.66. The molecule has 0 saturated heterocycles. The van der Waals surface area contributed by atoms with Gasteiger partial charge < -0.3 is 4.90 Å². The molecule has 186 valence electrons. The molecule has 0 N–H and O–H groups in total. The number of hydrogen-bond donors (Lipinski definition) is 0. The summed E-state index contributed by atoms with van der Waals surface area (Å²) in [6, 6.07) is 39.3. The molecule has 4 aromatic carbocycles. The molecule has 7 rings (SSSR count). The van der Waals surface area contributed by atoms with E-state index in [0.717, 1.165) is 17.2 Å². The molecule has 3 nitrogen and oxygen atoms in total. The van der Waals surface area contributed by atoms with Gasteiger partial charge in [-0.1, -0.05) is 88.4 Å². The Hall–Kier alpha value is -4.37. The van der Waals surface area contributed by atoms with Crippen molar-refractivity contribution >= 4 is 34.3 Å². The minimum atomic E-state index is -0.179. The van der Waals surface area contributed by atoms with Crippen molar-refractivity contribution in [3.8, 4) is 0 Å². The smallest absolute Gasteiger partial charge is 0.137 e. The Labute approximate surface area is 225 Å². The maximum absolute atomic E-state index is 4.73. The number of pyridine rings is 1. The first-order valence-electron chi connectivity index (χ1n) is 13.3. The predicted molar refractivity (Wildman–Crippen MR) is 158 cm³/mol. The molecule has 0 amide bonds. The first-order valence-corrected chi connectivity index (χ1v) is 13.3. The van der Waals surface area contributed by atoms with Gasteiger partial charge in [0.05, 0.1) is 17.1 Å². The lowest BCUT2D eigenvalue weighted by Gasteiger charge is -2.49. The van der Waals surface area contributed by atoms with Crippen LogP contribution < -0.4 is 9.80 Å². The highest BCUT2D eigenvalue weighted by Crippen LogP contribution is 2.60. The van der Waals surface area contributed by atoms with Crippen molar-refractivity contribution in [1.29, 1.82) is 0 Å². The Morgan fingerprint density at radius 1 is 0.553 bits per heavy atom. The average molecular weight is 494 g/mol. The van der Waals surface area contributed by atoms with Gasteiger partial charge in [0, 0.05) is 28.4 Å². The summed E-state index contributed by atoms with van der Waals surface area (Å²) in [5.41, 5.74) is 11.2. The van der Waals surface area contributed by atoms with E-state index in [1.165, 1.54) is 39.3 Å². The van der Waals surface area contributed by atoms with Gasteiger partial charge in [0.15, 0.2) is 0 Å². The fourth-order valence-electron chi connectivity index (χ4n) is 6.49. The molecular formula is C35H31N3. The summed E-state index contributed by atoms with van der Waals surface area (Å²) in [5, 5.41) is 0. The Morgan fingerprint density at radius 2 is 1.18 bits per heavy atom. The maximum Gasteiger partial charge on any atom is 0.137 e. The van der Waals surface area contributed by atoms with Gasteiger partial charge >= 0.3 is 0 Å². The van der Waals surface area contributed by atoms with E-state index in [9.17, 15) is 0 Å². The van der Waals surface area contributed by atoms with Gasteiger partial charge in [-0.3, -0.25) is 4.90 Å². The van der Waals surface area contributed by atoms with Gasteiger partial charge in [-0.25, -0.2) is 4.98 Å². The molecule has 2 aliphatic heterocycles. The molecule has 0 radical (unpaired) electrons. The number of benzene rings is 4. The summed E-state index contributed by atoms with van der Waals surface area (Å²) in [5.74, 6) is 0.903. The van der Waals surface area contributed by atoms with Gasteiger partial charge in [-0.15, -0.1) is 0 Å². The molecule has 0 atom stereocenters. The van der Waals surface area contributed by atoms with Gasteiger partial charge in [-0.05, 0) is 70.8 Å². The molecule has 1 aromatic heterocycles. The number of hydrogen-bond acceptors (Lipinski definition) is 3. The zero-order valence-corrected chi connectivity index (χ0v) is 22.3. The number of nitrogens with zero attached hydrogens (tertiary/aromatic N) is 3. The van der Waals surface area contributed by atoms with Crippen LogP contribution in [0, 0.1) is 0 Å². The first kappa shape index (κ1) is 22.8. The number of aromatic nitrogens is 1. The van der Waals surface area contributed by atoms with E-state index in [-0.39, 0.29) is 10.8 Å². The summed E-state index contributed by atoms with van der Waals surface area (Å²) < 4.78 is 0. The molecule has 5 aromatic rings. The Bertz CT molecular complexity index is 1630. The highest BCUT2D eigenvalue weighted by molar-refractivity contribution is 5.93. The molecule has 38 heavy (non-hydrogen) atoms. The molecule has 3 heteroatoms. The maximum atomic E-state index is 4.73. The summed E-state index contributed by atoms with van der Waals surface area (Å²) in [4.78, 5) is 9.48. The molecular weight excluding hydrogens is 462 g/mol. The van der Waals surface area contributed by atoms with Crippen molar-refractivity contribution in [3.63, 3.8) is 0 Å². The fourth-order valence-corrected chi connectivity index (χ4v) is 6.49. The second kappa shape index (κ2) is 8.06. The van der Waals surface area contributed by atoms with Crippen LogP contribution in [0.25, 0.3) is 0 Å². The van der Waals surface area contributed by atoms with Crippen LogP contribution in [0.15, 0.2) is 115 Å². The molecule has 0 fully saturated rings. The zero-order chi connectivity index (χ0) is 26.1. The van der Waals surface area contributed by atoms with Crippen LogP contribution in [0.4, 0.5) is 34.3 Å². The lowest BCUT2D eigenvalue weighted by molar-refractivity contribution is 0.597. The van der Waals surface area contributed by atoms with Crippen LogP contribution in [-0.2, 0) is 10.8 Å². The number of anilines is 6. The molecule has 0 spiro atoms. The highest BCUT2D eigenvalue weighted by atomic mass is 15.2. The van der Waals surface area contributed by atoms with Crippen LogP contribution in [0.3, 0.4) is 0 Å². The van der Waals surface area contributed by atoms with Crippen molar-refractivity contribution in [2.24, 2.45) is 0 Å². The molecule has 0 bridgehead atoms. The largest absolute Gasteiger partial charge is 0.309 e. The Balaban J connectivity index is 1.49. The fraction of sp³-hybridized carbons (Fsp3) is 0.171. The Morgan fingerprint density at radius 3 is 1.92 bits per heavy atom. The lowest BCUT2D eigenvalue weighted by Crippen LogP contribution is -2.38. The van der Waals surface area contributed by atoms with Crippen molar-refractivity contribution in [2.45, 2.75) is 38.5 Å².